The van der Waals surface area contributed by atoms with E-state index in [0.29, 0.717) is 28.7 Å². The summed E-state index contributed by atoms with van der Waals surface area (Å²) in [6.45, 7) is 0. The summed E-state index contributed by atoms with van der Waals surface area (Å²) in [5.74, 6) is 0.659. The second kappa shape index (κ2) is 9.04. The van der Waals surface area contributed by atoms with E-state index in [1.165, 1.54) is 23.2 Å². The molecule has 12 heteroatoms. The van der Waals surface area contributed by atoms with Crippen molar-refractivity contribution in [2.75, 3.05) is 16.0 Å². The second-order valence-corrected chi connectivity index (χ2v) is 8.19. The Morgan fingerprint density at radius 1 is 1.15 bits per heavy atom. The SMILES string of the molecule is O=C(Nc1ccnc(Cl)c1)c1cnc2c(Nc3ccon3)cc(NC3CCC(O)CC3)nn12. The molecule has 5 rings (SSSR count). The van der Waals surface area contributed by atoms with Crippen molar-refractivity contribution in [1.82, 2.24) is 24.7 Å². The van der Waals surface area contributed by atoms with E-state index in [0.717, 1.165) is 25.7 Å². The van der Waals surface area contributed by atoms with Crippen molar-refractivity contribution in [2.45, 2.75) is 37.8 Å². The van der Waals surface area contributed by atoms with Crippen molar-refractivity contribution in [1.29, 1.82) is 0 Å². The maximum Gasteiger partial charge on any atom is 0.276 e. The van der Waals surface area contributed by atoms with Crippen LogP contribution in [0.4, 0.5) is 23.0 Å². The van der Waals surface area contributed by atoms with Crippen LogP contribution in [0, 0.1) is 0 Å². The predicted octanol–water partition coefficient (Wildman–Crippen LogP) is 3.48. The number of fused-ring (bicyclic) bond motifs is 1. The lowest BCUT2D eigenvalue weighted by Crippen LogP contribution is -2.29. The van der Waals surface area contributed by atoms with Crippen LogP contribution in [-0.2, 0) is 0 Å². The van der Waals surface area contributed by atoms with Crippen molar-refractivity contribution in [2.24, 2.45) is 0 Å². The molecular weight excluding hydrogens is 448 g/mol. The zero-order valence-corrected chi connectivity index (χ0v) is 18.2. The molecule has 1 amide bonds. The highest BCUT2D eigenvalue weighted by Gasteiger charge is 2.22. The molecule has 11 nitrogen and oxygen atoms in total. The van der Waals surface area contributed by atoms with E-state index in [1.54, 1.807) is 18.2 Å². The molecule has 4 aromatic rings. The Bertz CT molecular complexity index is 1270. The highest BCUT2D eigenvalue weighted by atomic mass is 35.5. The topological polar surface area (TPSA) is 142 Å². The molecule has 4 aromatic heterocycles. The van der Waals surface area contributed by atoms with E-state index < -0.39 is 5.91 Å². The zero-order chi connectivity index (χ0) is 22.8. The molecule has 4 heterocycles. The number of amides is 1. The van der Waals surface area contributed by atoms with Gasteiger partial charge in [0, 0.05) is 30.1 Å². The van der Waals surface area contributed by atoms with Gasteiger partial charge < -0.3 is 25.6 Å². The summed E-state index contributed by atoms with van der Waals surface area (Å²) < 4.78 is 6.38. The molecule has 0 bridgehead atoms. The first-order valence-electron chi connectivity index (χ1n) is 10.5. The fourth-order valence-electron chi connectivity index (χ4n) is 3.81. The number of aromatic nitrogens is 5. The second-order valence-electron chi connectivity index (χ2n) is 7.80. The molecule has 0 atom stereocenters. The minimum absolute atomic E-state index is 0.165. The van der Waals surface area contributed by atoms with Crippen molar-refractivity contribution in [3.8, 4) is 0 Å². The van der Waals surface area contributed by atoms with Crippen LogP contribution in [0.5, 0.6) is 0 Å². The lowest BCUT2D eigenvalue weighted by molar-refractivity contribution is 0.102. The average Bonchev–Trinajstić information content (AvgIpc) is 3.45. The van der Waals surface area contributed by atoms with Crippen molar-refractivity contribution in [3.63, 3.8) is 0 Å². The van der Waals surface area contributed by atoms with E-state index in [9.17, 15) is 9.90 Å². The van der Waals surface area contributed by atoms with E-state index in [2.05, 4.69) is 36.2 Å². The quantitative estimate of drug-likeness (QED) is 0.313. The van der Waals surface area contributed by atoms with Gasteiger partial charge in [0.2, 0.25) is 0 Å². The van der Waals surface area contributed by atoms with Gasteiger partial charge in [-0.15, -0.1) is 5.10 Å². The third-order valence-electron chi connectivity index (χ3n) is 5.43. The molecule has 4 N–H and O–H groups in total. The number of nitrogens with zero attached hydrogens (tertiary/aromatic N) is 5. The highest BCUT2D eigenvalue weighted by molar-refractivity contribution is 6.29. The number of pyridine rings is 1. The summed E-state index contributed by atoms with van der Waals surface area (Å²) in [5.41, 5.74) is 1.79. The van der Waals surface area contributed by atoms with Gasteiger partial charge in [0.15, 0.2) is 17.2 Å². The minimum atomic E-state index is -0.400. The van der Waals surface area contributed by atoms with Gasteiger partial charge in [0.25, 0.3) is 5.91 Å². The molecule has 0 aliphatic heterocycles. The standard InChI is InChI=1S/C21H21ClN8O3/c22-17-9-13(5-7-23-17)26-21(32)16-11-24-20-15(27-18-6-8-33-29-18)10-19(28-30(16)20)25-12-1-3-14(31)4-2-12/h5-12,14,31H,1-4H2,(H,25,28)(H,27,29)(H,23,26,32). The highest BCUT2D eigenvalue weighted by Crippen LogP contribution is 2.27. The number of halogens is 1. The fraction of sp³-hybridized carbons (Fsp3) is 0.286. The molecule has 1 fully saturated rings. The third-order valence-corrected chi connectivity index (χ3v) is 5.64. The Morgan fingerprint density at radius 2 is 2.00 bits per heavy atom. The maximum absolute atomic E-state index is 13.0. The monoisotopic (exact) mass is 468 g/mol. The van der Waals surface area contributed by atoms with Crippen molar-refractivity contribution >= 4 is 46.2 Å². The number of carbonyl (C=O) groups excluding carboxylic acids is 1. The average molecular weight is 469 g/mol. The molecule has 0 saturated heterocycles. The van der Waals surface area contributed by atoms with Gasteiger partial charge in [-0.3, -0.25) is 4.79 Å². The Hall–Kier alpha value is -3.70. The summed E-state index contributed by atoms with van der Waals surface area (Å²) in [6.07, 6.45) is 7.28. The number of aliphatic hydroxyl groups excluding tert-OH is 1. The number of rotatable bonds is 6. The number of anilines is 4. The number of nitrogens with one attached hydrogen (secondary N) is 3. The van der Waals surface area contributed by atoms with Gasteiger partial charge in [0.05, 0.1) is 18.0 Å². The van der Waals surface area contributed by atoms with Crippen LogP contribution >= 0.6 is 11.6 Å². The summed E-state index contributed by atoms with van der Waals surface area (Å²) in [5, 5.41) is 27.9. The Balaban J connectivity index is 1.48. The third kappa shape index (κ3) is 4.73. The van der Waals surface area contributed by atoms with Crippen LogP contribution in [-0.4, -0.2) is 47.9 Å². The maximum atomic E-state index is 13.0. The van der Waals surface area contributed by atoms with Crippen LogP contribution in [0.15, 0.2) is 47.4 Å². The molecule has 1 saturated carbocycles. The fourth-order valence-corrected chi connectivity index (χ4v) is 3.98. The molecule has 0 unspecified atom stereocenters. The lowest BCUT2D eigenvalue weighted by Gasteiger charge is -2.26. The smallest absolute Gasteiger partial charge is 0.276 e. The number of carbonyl (C=O) groups is 1. The number of hydrogen-bond acceptors (Lipinski definition) is 9. The summed E-state index contributed by atoms with van der Waals surface area (Å²) in [4.78, 5) is 21.3. The molecule has 33 heavy (non-hydrogen) atoms. The van der Waals surface area contributed by atoms with Crippen LogP contribution in [0.2, 0.25) is 5.15 Å². The van der Waals surface area contributed by atoms with Gasteiger partial charge >= 0.3 is 0 Å². The number of imidazole rings is 1. The first kappa shape index (κ1) is 21.2. The van der Waals surface area contributed by atoms with Gasteiger partial charge in [-0.2, -0.15) is 0 Å². The molecule has 170 valence electrons. The van der Waals surface area contributed by atoms with E-state index in [-0.39, 0.29) is 23.0 Å². The Morgan fingerprint density at radius 3 is 2.76 bits per heavy atom. The van der Waals surface area contributed by atoms with Crippen LogP contribution in [0.1, 0.15) is 36.2 Å². The Kier molecular flexibility index (Phi) is 5.80. The Labute approximate surface area is 193 Å². The van der Waals surface area contributed by atoms with Gasteiger partial charge in [-0.25, -0.2) is 14.5 Å². The molecular formula is C21H21ClN8O3. The molecule has 0 spiro atoms. The normalized spacial score (nSPS) is 18.2. The van der Waals surface area contributed by atoms with Crippen LogP contribution in [0.3, 0.4) is 0 Å². The number of hydrogen-bond donors (Lipinski definition) is 4. The largest absolute Gasteiger partial charge is 0.393 e. The minimum Gasteiger partial charge on any atom is -0.393 e. The first-order chi connectivity index (χ1) is 16.0. The van der Waals surface area contributed by atoms with Gasteiger partial charge in [-0.1, -0.05) is 16.8 Å². The van der Waals surface area contributed by atoms with E-state index in [1.807, 2.05) is 6.07 Å². The van der Waals surface area contributed by atoms with E-state index >= 15 is 0 Å². The first-order valence-corrected chi connectivity index (χ1v) is 10.9. The van der Waals surface area contributed by atoms with Crippen LogP contribution < -0.4 is 16.0 Å². The zero-order valence-electron chi connectivity index (χ0n) is 17.4. The summed E-state index contributed by atoms with van der Waals surface area (Å²) in [6, 6.07) is 6.85. The summed E-state index contributed by atoms with van der Waals surface area (Å²) >= 11 is 5.92. The van der Waals surface area contributed by atoms with Crippen molar-refractivity contribution in [3.05, 3.63) is 53.8 Å². The van der Waals surface area contributed by atoms with Gasteiger partial charge in [-0.05, 0) is 37.8 Å². The number of aliphatic hydroxyl groups is 1. The molecule has 0 radical (unpaired) electrons. The predicted molar refractivity (Wildman–Crippen MR) is 122 cm³/mol. The van der Waals surface area contributed by atoms with Gasteiger partial charge in [0.1, 0.15) is 17.2 Å². The molecule has 0 aromatic carbocycles. The lowest BCUT2D eigenvalue weighted by atomic mass is 9.93. The van der Waals surface area contributed by atoms with Crippen LogP contribution in [0.25, 0.3) is 5.65 Å². The summed E-state index contributed by atoms with van der Waals surface area (Å²) in [7, 11) is 0. The van der Waals surface area contributed by atoms with E-state index in [4.69, 9.17) is 16.1 Å². The molecule has 1 aliphatic rings. The molecule has 1 aliphatic carbocycles. The van der Waals surface area contributed by atoms with Crippen molar-refractivity contribution < 1.29 is 14.4 Å².